The van der Waals surface area contributed by atoms with Gasteiger partial charge in [-0.3, -0.25) is 0 Å². The van der Waals surface area contributed by atoms with Gasteiger partial charge in [0.1, 0.15) is 0 Å². The first kappa shape index (κ1) is 15.6. The number of hydrogen-bond donors (Lipinski definition) is 0. The average molecular weight is 320 g/mol. The van der Waals surface area contributed by atoms with Gasteiger partial charge in [-0.15, -0.1) is 0 Å². The Morgan fingerprint density at radius 2 is 0.923 bits per heavy atom. The fourth-order valence-electron chi connectivity index (χ4n) is 0.642. The first-order valence-corrected chi connectivity index (χ1v) is 8.56. The van der Waals surface area contributed by atoms with E-state index in [1.54, 1.807) is 0 Å². The average Bonchev–Trinajstić information content (AvgIpc) is 2.87. The molecule has 0 nitrogen and oxygen atoms in total. The van der Waals surface area contributed by atoms with E-state index in [4.69, 9.17) is 0 Å². The van der Waals surface area contributed by atoms with Gasteiger partial charge >= 0.3 is 35.9 Å². The Hall–Kier alpha value is 0.144. The van der Waals surface area contributed by atoms with Crippen LogP contribution in [0.1, 0.15) is 0 Å². The molecule has 0 fully saturated rings. The van der Waals surface area contributed by atoms with E-state index in [9.17, 15) is 0 Å². The molecule has 0 radical (unpaired) electrons. The Balaban J connectivity index is 0. The molecule has 0 N–H and O–H groups in total. The van der Waals surface area contributed by atoms with Crippen LogP contribution in [0.4, 0.5) is 0 Å². The molecule has 13 heavy (non-hydrogen) atoms. The molecular weight excluding hydrogens is 307 g/mol. The number of hydrogen-bond acceptors (Lipinski definition) is 0. The predicted molar refractivity (Wildman–Crippen MR) is 64.5 cm³/mol. The van der Waals surface area contributed by atoms with Crippen LogP contribution in [0.2, 0.25) is 0 Å². The number of halogens is 1. The van der Waals surface area contributed by atoms with E-state index in [0.717, 1.165) is 0 Å². The zero-order valence-electron chi connectivity index (χ0n) is 7.65. The van der Waals surface area contributed by atoms with Gasteiger partial charge in [0, 0.05) is 0 Å². The van der Waals surface area contributed by atoms with Crippen molar-refractivity contribution in [1.29, 1.82) is 0 Å². The zero-order valence-corrected chi connectivity index (χ0v) is 11.4. The molecule has 2 aromatic rings. The first-order valence-electron chi connectivity index (χ1n) is 3.52. The Labute approximate surface area is 103 Å². The maximum atomic E-state index is 2.15. The van der Waals surface area contributed by atoms with Crippen LogP contribution in [0.25, 0.3) is 0 Å². The molecule has 0 aliphatic carbocycles. The van der Waals surface area contributed by atoms with Crippen molar-refractivity contribution < 1.29 is 16.7 Å². The minimum Gasteiger partial charge on any atom is -0.214 e. The van der Waals surface area contributed by atoms with Crippen molar-refractivity contribution in [2.45, 2.75) is 0 Å². The Morgan fingerprint density at radius 3 is 1.00 bits per heavy atom. The van der Waals surface area contributed by atoms with Crippen LogP contribution >= 0.6 is 19.2 Å². The second kappa shape index (κ2) is 14.7. The van der Waals surface area contributed by atoms with E-state index in [0.29, 0.717) is 0 Å². The second-order valence-corrected chi connectivity index (χ2v) is 1.92. The zero-order chi connectivity index (χ0) is 9.07. The summed E-state index contributed by atoms with van der Waals surface area (Å²) in [5, 5.41) is 0. The van der Waals surface area contributed by atoms with Gasteiger partial charge in [0.15, 0.2) is 0 Å². The van der Waals surface area contributed by atoms with Crippen molar-refractivity contribution in [1.82, 2.24) is 0 Å². The molecule has 0 amide bonds. The molecule has 0 spiro atoms. The van der Waals surface area contributed by atoms with Crippen molar-refractivity contribution in [3.05, 3.63) is 68.1 Å². The summed E-state index contributed by atoms with van der Waals surface area (Å²) in [5.41, 5.74) is 0. The summed E-state index contributed by atoms with van der Waals surface area (Å²) < 4.78 is 0. The molecule has 0 aliphatic heterocycles. The number of rotatable bonds is 0. The van der Waals surface area contributed by atoms with Gasteiger partial charge < -0.3 is 7.43 Å². The third-order valence-electron chi connectivity index (χ3n) is 1.11. The molecule has 0 bridgehead atoms. The van der Waals surface area contributed by atoms with Gasteiger partial charge in [0.25, 0.3) is 0 Å². The minimum absolute atomic E-state index is 0. The Kier molecular flexibility index (Phi) is 17.6. The van der Waals surface area contributed by atoms with Crippen LogP contribution < -0.4 is 0 Å². The summed E-state index contributed by atoms with van der Waals surface area (Å²) in [5.74, 6) is 0. The molecule has 0 heterocycles. The summed E-state index contributed by atoms with van der Waals surface area (Å²) in [6.45, 7) is 0. The summed E-state index contributed by atoms with van der Waals surface area (Å²) >= 11 is 4.12. The molecule has 0 saturated carbocycles. The molecule has 68 valence electrons. The molecule has 2 rings (SSSR count). The second-order valence-electron chi connectivity index (χ2n) is 1.92. The van der Waals surface area contributed by atoms with Gasteiger partial charge in [-0.2, -0.15) is 36.4 Å². The van der Waals surface area contributed by atoms with Crippen LogP contribution in [0.15, 0.2) is 60.7 Å². The molecule has 2 aromatic carbocycles. The maximum absolute atomic E-state index is 2.15. The Bertz CT molecular complexity index is 149. The third kappa shape index (κ3) is 12.1. The quantitative estimate of drug-likeness (QED) is 0.389. The molecule has 0 aliphatic rings. The topological polar surface area (TPSA) is 0 Å². The van der Waals surface area contributed by atoms with Gasteiger partial charge in [-0.05, 0) is 0 Å². The van der Waals surface area contributed by atoms with E-state index in [1.165, 1.54) is 0 Å². The summed E-state index contributed by atoms with van der Waals surface area (Å²) in [6, 6.07) is 20.0. The normalized spacial score (nSPS) is 6.69. The van der Waals surface area contributed by atoms with E-state index in [-0.39, 0.29) is 7.43 Å². The van der Waals surface area contributed by atoms with Crippen LogP contribution in [0.3, 0.4) is 0 Å². The minimum atomic E-state index is 0. The summed E-state index contributed by atoms with van der Waals surface area (Å²) in [6.07, 6.45) is 0. The van der Waals surface area contributed by atoms with E-state index >= 15 is 0 Å². The van der Waals surface area contributed by atoms with Gasteiger partial charge in [-0.25, -0.2) is 24.3 Å². The van der Waals surface area contributed by atoms with Crippen LogP contribution in [0.5, 0.6) is 0 Å². The van der Waals surface area contributed by atoms with E-state index in [1.807, 2.05) is 77.4 Å². The molecule has 0 aromatic heterocycles. The van der Waals surface area contributed by atoms with Crippen LogP contribution in [0, 0.1) is 7.43 Å². The summed E-state index contributed by atoms with van der Waals surface area (Å²) in [7, 11) is 0. The molecule has 0 unspecified atom stereocenters. The van der Waals surface area contributed by atoms with Crippen LogP contribution in [-0.4, -0.2) is 0 Å². The fraction of sp³-hybridized carbons (Fsp3) is 0. The standard InChI is InChI=1S/2C5H5.CH3.HI.Ti/c2*1-2-4-5-3-1;;;/h2*1-5H;1H3;1H;/q3*-1;;+4/p-1. The SMILES string of the molecule is [CH3-].[Ti+3][I].c1cc[cH-]c1.c1cc[cH-]c1. The molecule has 2 heteroatoms. The van der Waals surface area contributed by atoms with Crippen molar-refractivity contribution in [3.8, 4) is 0 Å². The predicted octanol–water partition coefficient (Wildman–Crippen LogP) is 4.14. The van der Waals surface area contributed by atoms with Crippen LogP contribution in [-0.2, 0) is 16.7 Å². The van der Waals surface area contributed by atoms with Crippen molar-refractivity contribution >= 4 is 19.2 Å². The molecule has 0 atom stereocenters. The third-order valence-corrected chi connectivity index (χ3v) is 1.11. The Morgan fingerprint density at radius 1 is 0.692 bits per heavy atom. The van der Waals surface area contributed by atoms with Crippen molar-refractivity contribution in [2.24, 2.45) is 0 Å². The van der Waals surface area contributed by atoms with Gasteiger partial charge in [0.2, 0.25) is 0 Å². The largest absolute Gasteiger partial charge is 0.214 e. The van der Waals surface area contributed by atoms with E-state index < -0.39 is 0 Å². The molecular formula is C11H13ITi. The first-order chi connectivity index (χ1) is 6.00. The summed E-state index contributed by atoms with van der Waals surface area (Å²) in [4.78, 5) is 0. The maximum Gasteiger partial charge on any atom is -0.172 e. The van der Waals surface area contributed by atoms with Gasteiger partial charge in [-0.1, -0.05) is 0 Å². The van der Waals surface area contributed by atoms with Gasteiger partial charge in [0.05, 0.1) is 0 Å². The smallest absolute Gasteiger partial charge is 0.172 e. The fourth-order valence-corrected chi connectivity index (χ4v) is 0.642. The molecule has 0 saturated heterocycles. The monoisotopic (exact) mass is 320 g/mol. The van der Waals surface area contributed by atoms with Crippen molar-refractivity contribution in [3.63, 3.8) is 0 Å². The van der Waals surface area contributed by atoms with E-state index in [2.05, 4.69) is 19.2 Å². The van der Waals surface area contributed by atoms with Crippen molar-refractivity contribution in [2.75, 3.05) is 0 Å².